The van der Waals surface area contributed by atoms with Gasteiger partial charge in [-0.25, -0.2) is 4.79 Å². The molecule has 0 aliphatic carbocycles. The van der Waals surface area contributed by atoms with Crippen molar-refractivity contribution in [3.8, 4) is 0 Å². The maximum absolute atomic E-state index is 12.6. The van der Waals surface area contributed by atoms with Crippen molar-refractivity contribution < 1.29 is 18.0 Å². The summed E-state index contributed by atoms with van der Waals surface area (Å²) in [6.45, 7) is 2.00. The number of anilines is 2. The molecule has 0 radical (unpaired) electrons. The smallest absolute Gasteiger partial charge is 0.366 e. The van der Waals surface area contributed by atoms with Gasteiger partial charge in [0.1, 0.15) is 0 Å². The quantitative estimate of drug-likeness (QED) is 0.829. The Kier molecular flexibility index (Phi) is 4.37. The number of carbonyl (C=O) groups excluding carboxylic acids is 1. The molecular formula is C18H18F3N5O. The van der Waals surface area contributed by atoms with Gasteiger partial charge in [-0.3, -0.25) is 5.32 Å². The number of hydrogen-bond acceptors (Lipinski definition) is 4. The van der Waals surface area contributed by atoms with Gasteiger partial charge in [0.2, 0.25) is 0 Å². The molecule has 142 valence electrons. The molecule has 4 rings (SSSR count). The van der Waals surface area contributed by atoms with Gasteiger partial charge < -0.3 is 9.80 Å². The highest BCUT2D eigenvalue weighted by molar-refractivity contribution is 5.88. The minimum atomic E-state index is -4.55. The maximum atomic E-state index is 12.6. The van der Waals surface area contributed by atoms with E-state index in [-0.39, 0.29) is 17.9 Å². The minimum Gasteiger partial charge on any atom is -0.366 e. The van der Waals surface area contributed by atoms with Gasteiger partial charge in [-0.15, -0.1) is 10.2 Å². The fourth-order valence-electron chi connectivity index (χ4n) is 3.69. The number of para-hydroxylation sites is 1. The molecule has 0 spiro atoms. The first kappa shape index (κ1) is 17.6. The van der Waals surface area contributed by atoms with Crippen molar-refractivity contribution in [2.45, 2.75) is 25.1 Å². The Balaban J connectivity index is 1.43. The van der Waals surface area contributed by atoms with Crippen LogP contribution in [0.3, 0.4) is 0 Å². The number of aromatic nitrogens is 2. The van der Waals surface area contributed by atoms with E-state index in [9.17, 15) is 18.0 Å². The largest absolute Gasteiger partial charge is 0.435 e. The van der Waals surface area contributed by atoms with Gasteiger partial charge in [0, 0.05) is 25.3 Å². The Bertz CT molecular complexity index is 840. The van der Waals surface area contributed by atoms with Crippen molar-refractivity contribution in [3.05, 3.63) is 47.7 Å². The minimum absolute atomic E-state index is 0.00353. The van der Waals surface area contributed by atoms with Crippen LogP contribution in [0.2, 0.25) is 0 Å². The molecule has 27 heavy (non-hydrogen) atoms. The van der Waals surface area contributed by atoms with Crippen molar-refractivity contribution in [1.29, 1.82) is 0 Å². The molecule has 1 fully saturated rings. The Morgan fingerprint density at radius 2 is 1.93 bits per heavy atom. The van der Waals surface area contributed by atoms with Gasteiger partial charge in [0.15, 0.2) is 11.5 Å². The van der Waals surface area contributed by atoms with E-state index < -0.39 is 11.9 Å². The second-order valence-corrected chi connectivity index (χ2v) is 6.71. The highest BCUT2D eigenvalue weighted by Gasteiger charge is 2.34. The summed E-state index contributed by atoms with van der Waals surface area (Å²) in [5, 5.41) is 9.14. The molecule has 1 aromatic carbocycles. The number of carbonyl (C=O) groups is 1. The van der Waals surface area contributed by atoms with E-state index in [4.69, 9.17) is 0 Å². The van der Waals surface area contributed by atoms with Crippen LogP contribution in [0.15, 0.2) is 36.4 Å². The van der Waals surface area contributed by atoms with Crippen LogP contribution in [0, 0.1) is 0 Å². The van der Waals surface area contributed by atoms with E-state index in [0.29, 0.717) is 13.1 Å². The van der Waals surface area contributed by atoms with Crippen molar-refractivity contribution in [3.63, 3.8) is 0 Å². The molecule has 0 bridgehead atoms. The summed E-state index contributed by atoms with van der Waals surface area (Å²) >= 11 is 0. The molecule has 2 amide bonds. The summed E-state index contributed by atoms with van der Waals surface area (Å²) in [4.78, 5) is 16.6. The number of amides is 2. The van der Waals surface area contributed by atoms with Crippen LogP contribution in [-0.4, -0.2) is 46.8 Å². The number of urea groups is 1. The Morgan fingerprint density at radius 3 is 2.67 bits per heavy atom. The van der Waals surface area contributed by atoms with Crippen molar-refractivity contribution in [1.82, 2.24) is 15.1 Å². The number of alkyl halides is 3. The van der Waals surface area contributed by atoms with Gasteiger partial charge in [-0.2, -0.15) is 13.2 Å². The lowest BCUT2D eigenvalue weighted by atomic mass is 10.1. The lowest BCUT2D eigenvalue weighted by Crippen LogP contribution is -2.43. The summed E-state index contributed by atoms with van der Waals surface area (Å²) in [5.41, 5.74) is 1.41. The van der Waals surface area contributed by atoms with Crippen LogP contribution in [0.1, 0.15) is 17.7 Å². The first-order valence-corrected chi connectivity index (χ1v) is 8.73. The average Bonchev–Trinajstić information content (AvgIpc) is 2.84. The van der Waals surface area contributed by atoms with E-state index >= 15 is 0 Å². The predicted octanol–water partition coefficient (Wildman–Crippen LogP) is 3.16. The summed E-state index contributed by atoms with van der Waals surface area (Å²) in [7, 11) is 0. The van der Waals surface area contributed by atoms with E-state index in [2.05, 4.69) is 32.5 Å². The molecule has 1 saturated heterocycles. The number of nitrogens with zero attached hydrogens (tertiary/aromatic N) is 4. The molecule has 3 heterocycles. The highest BCUT2D eigenvalue weighted by atomic mass is 19.4. The lowest BCUT2D eigenvalue weighted by Gasteiger charge is -2.27. The van der Waals surface area contributed by atoms with Gasteiger partial charge >= 0.3 is 12.2 Å². The third-order valence-electron chi connectivity index (χ3n) is 4.93. The number of benzene rings is 1. The SMILES string of the molecule is O=C(Nc1ccc(C(F)(F)F)nn1)N1CCCN2c3ccccc3C[C@H]2C1. The number of halogens is 3. The summed E-state index contributed by atoms with van der Waals surface area (Å²) in [5.74, 6) is 0.00353. The Labute approximate surface area is 154 Å². The number of nitrogens with one attached hydrogen (secondary N) is 1. The van der Waals surface area contributed by atoms with Crippen LogP contribution >= 0.6 is 0 Å². The molecular weight excluding hydrogens is 359 g/mol. The van der Waals surface area contributed by atoms with Crippen molar-refractivity contribution in [2.24, 2.45) is 0 Å². The average molecular weight is 377 g/mol. The zero-order chi connectivity index (χ0) is 19.0. The standard InChI is InChI=1S/C18H18F3N5O/c19-18(20,21)15-6-7-16(24-23-15)22-17(27)25-8-3-9-26-13(11-25)10-12-4-1-2-5-14(12)26/h1-2,4-7,13H,3,8-11H2,(H,22,24,27)/t13-/m0/s1. The van der Waals surface area contributed by atoms with E-state index in [1.165, 1.54) is 11.3 Å². The third kappa shape index (κ3) is 3.54. The van der Waals surface area contributed by atoms with Crippen LogP contribution < -0.4 is 10.2 Å². The number of hydrogen-bond donors (Lipinski definition) is 1. The molecule has 0 unspecified atom stereocenters. The summed E-state index contributed by atoms with van der Waals surface area (Å²) in [6.07, 6.45) is -2.86. The first-order chi connectivity index (χ1) is 12.9. The molecule has 0 saturated carbocycles. The Morgan fingerprint density at radius 1 is 1.11 bits per heavy atom. The van der Waals surface area contributed by atoms with Crippen molar-refractivity contribution >= 4 is 17.5 Å². The molecule has 6 nitrogen and oxygen atoms in total. The molecule has 1 atom stereocenters. The van der Waals surface area contributed by atoms with Gasteiger partial charge in [-0.05, 0) is 36.6 Å². The molecule has 2 aromatic rings. The van der Waals surface area contributed by atoms with E-state index in [1.54, 1.807) is 4.90 Å². The second-order valence-electron chi connectivity index (χ2n) is 6.71. The summed E-state index contributed by atoms with van der Waals surface area (Å²) < 4.78 is 37.7. The monoisotopic (exact) mass is 377 g/mol. The van der Waals surface area contributed by atoms with E-state index in [1.807, 2.05) is 12.1 Å². The number of rotatable bonds is 1. The molecule has 1 aromatic heterocycles. The van der Waals surface area contributed by atoms with Crippen LogP contribution in [0.5, 0.6) is 0 Å². The zero-order valence-corrected chi connectivity index (χ0v) is 14.4. The van der Waals surface area contributed by atoms with Gasteiger partial charge in [0.25, 0.3) is 0 Å². The number of fused-ring (bicyclic) bond motifs is 3. The third-order valence-corrected chi connectivity index (χ3v) is 4.93. The van der Waals surface area contributed by atoms with Crippen LogP contribution in [0.4, 0.5) is 29.5 Å². The van der Waals surface area contributed by atoms with Gasteiger partial charge in [0.05, 0.1) is 6.04 Å². The van der Waals surface area contributed by atoms with Crippen LogP contribution in [0.25, 0.3) is 0 Å². The molecule has 2 aliphatic rings. The Hall–Kier alpha value is -2.84. The van der Waals surface area contributed by atoms with Gasteiger partial charge in [-0.1, -0.05) is 18.2 Å². The molecule has 1 N–H and O–H groups in total. The predicted molar refractivity (Wildman–Crippen MR) is 93.5 cm³/mol. The fraction of sp³-hybridized carbons (Fsp3) is 0.389. The topological polar surface area (TPSA) is 61.4 Å². The molecule has 9 heteroatoms. The van der Waals surface area contributed by atoms with E-state index in [0.717, 1.165) is 31.5 Å². The fourth-order valence-corrected chi connectivity index (χ4v) is 3.69. The van der Waals surface area contributed by atoms with Crippen LogP contribution in [-0.2, 0) is 12.6 Å². The first-order valence-electron chi connectivity index (χ1n) is 8.73. The molecule has 2 aliphatic heterocycles. The maximum Gasteiger partial charge on any atom is 0.435 e. The summed E-state index contributed by atoms with van der Waals surface area (Å²) in [6, 6.07) is 9.98. The zero-order valence-electron chi connectivity index (χ0n) is 14.4. The van der Waals surface area contributed by atoms with Crippen molar-refractivity contribution in [2.75, 3.05) is 29.9 Å². The normalized spacial score (nSPS) is 19.3. The second kappa shape index (κ2) is 6.71. The highest BCUT2D eigenvalue weighted by Crippen LogP contribution is 2.33. The lowest BCUT2D eigenvalue weighted by molar-refractivity contribution is -0.141.